The zero-order valence-electron chi connectivity index (χ0n) is 14.2. The van der Waals surface area contributed by atoms with E-state index in [2.05, 4.69) is 0 Å². The van der Waals surface area contributed by atoms with E-state index in [0.717, 1.165) is 11.1 Å². The normalized spacial score (nSPS) is 14.1. The van der Waals surface area contributed by atoms with Crippen molar-refractivity contribution < 1.29 is 19.4 Å². The molecule has 1 N–H and O–H groups in total. The Morgan fingerprint density at radius 3 is 2.74 bits per heavy atom. The number of ketones is 1. The minimum absolute atomic E-state index is 0.0548. The molecule has 0 radical (unpaired) electrons. The lowest BCUT2D eigenvalue weighted by molar-refractivity contribution is 0.101. The van der Waals surface area contributed by atoms with Crippen molar-refractivity contribution in [3.63, 3.8) is 0 Å². The van der Waals surface area contributed by atoms with E-state index in [1.807, 2.05) is 48.5 Å². The van der Waals surface area contributed by atoms with E-state index in [4.69, 9.17) is 21.1 Å². The number of carbonyl (C=O) groups excluding carboxylic acids is 1. The van der Waals surface area contributed by atoms with Crippen molar-refractivity contribution in [1.82, 2.24) is 0 Å². The van der Waals surface area contributed by atoms with Gasteiger partial charge in [-0.25, -0.2) is 0 Å². The van der Waals surface area contributed by atoms with Gasteiger partial charge in [0.05, 0.1) is 5.56 Å². The number of Topliss-reactive ketones (excluding diaryl/α,β-unsaturated/α-hetero) is 1. The standard InChI is InChI=1S/C22H15ClO4/c23-16-5-1-4-15(9-16)13-26-18-6-2-3-14(10-18)11-21-22(25)19-8-7-17(24)12-20(19)27-21/h1-12,24H,13H2/b21-11-. The predicted octanol–water partition coefficient (Wildman–Crippen LogP) is 5.24. The molecular formula is C22H15ClO4. The second-order valence-corrected chi connectivity index (χ2v) is 6.55. The first-order valence-corrected chi connectivity index (χ1v) is 8.71. The number of fused-ring (bicyclic) bond motifs is 1. The summed E-state index contributed by atoms with van der Waals surface area (Å²) in [6.07, 6.45) is 1.66. The first kappa shape index (κ1) is 17.2. The number of phenolic OH excluding ortho intramolecular Hbond substituents is 1. The Morgan fingerprint density at radius 2 is 1.89 bits per heavy atom. The summed E-state index contributed by atoms with van der Waals surface area (Å²) in [5, 5.41) is 10.2. The lowest BCUT2D eigenvalue weighted by atomic mass is 10.1. The van der Waals surface area contributed by atoms with E-state index in [1.54, 1.807) is 12.1 Å². The molecule has 0 saturated heterocycles. The molecule has 0 unspecified atom stereocenters. The quantitative estimate of drug-likeness (QED) is 0.631. The van der Waals surface area contributed by atoms with Crippen LogP contribution in [0.5, 0.6) is 17.2 Å². The van der Waals surface area contributed by atoms with Crippen molar-refractivity contribution in [2.45, 2.75) is 6.61 Å². The molecule has 3 aromatic rings. The van der Waals surface area contributed by atoms with Crippen LogP contribution in [0.4, 0.5) is 0 Å². The first-order chi connectivity index (χ1) is 13.1. The van der Waals surface area contributed by atoms with Crippen LogP contribution >= 0.6 is 11.6 Å². The van der Waals surface area contributed by atoms with Gasteiger partial charge in [0.15, 0.2) is 5.76 Å². The van der Waals surface area contributed by atoms with Gasteiger partial charge in [0.2, 0.25) is 5.78 Å². The lowest BCUT2D eigenvalue weighted by Crippen LogP contribution is -1.98. The van der Waals surface area contributed by atoms with Crippen LogP contribution in [0.2, 0.25) is 5.02 Å². The Balaban J connectivity index is 1.51. The summed E-state index contributed by atoms with van der Waals surface area (Å²) in [7, 11) is 0. The summed E-state index contributed by atoms with van der Waals surface area (Å²) < 4.78 is 11.4. The number of benzene rings is 3. The summed E-state index contributed by atoms with van der Waals surface area (Å²) >= 11 is 5.98. The molecule has 0 amide bonds. The average molecular weight is 379 g/mol. The van der Waals surface area contributed by atoms with Gasteiger partial charge >= 0.3 is 0 Å². The molecular weight excluding hydrogens is 364 g/mol. The van der Waals surface area contributed by atoms with Crippen molar-refractivity contribution >= 4 is 23.5 Å². The summed E-state index contributed by atoms with van der Waals surface area (Å²) in [5.74, 6) is 1.08. The Morgan fingerprint density at radius 1 is 1.04 bits per heavy atom. The molecule has 134 valence electrons. The van der Waals surface area contributed by atoms with Crippen LogP contribution in [0.3, 0.4) is 0 Å². The molecule has 0 spiro atoms. The number of ether oxygens (including phenoxy) is 2. The highest BCUT2D eigenvalue weighted by molar-refractivity contribution is 6.30. The van der Waals surface area contributed by atoms with E-state index < -0.39 is 0 Å². The number of hydrogen-bond donors (Lipinski definition) is 1. The number of rotatable bonds is 4. The molecule has 4 nitrogen and oxygen atoms in total. The molecule has 3 aromatic carbocycles. The third-order valence-electron chi connectivity index (χ3n) is 4.10. The zero-order valence-corrected chi connectivity index (χ0v) is 14.9. The molecule has 4 rings (SSSR count). The minimum atomic E-state index is -0.213. The number of aromatic hydroxyl groups is 1. The Labute approximate surface area is 161 Å². The van der Waals surface area contributed by atoms with E-state index >= 15 is 0 Å². The van der Waals surface area contributed by atoms with Gasteiger partial charge in [-0.1, -0.05) is 35.9 Å². The highest BCUT2D eigenvalue weighted by Gasteiger charge is 2.27. The predicted molar refractivity (Wildman–Crippen MR) is 103 cm³/mol. The van der Waals surface area contributed by atoms with Crippen molar-refractivity contribution in [3.05, 3.63) is 94.2 Å². The Hall–Kier alpha value is -3.24. The SMILES string of the molecule is O=C1/C(=C/c2cccc(OCc3cccc(Cl)c3)c2)Oc2cc(O)ccc21. The average Bonchev–Trinajstić information content (AvgIpc) is 2.95. The molecule has 0 aromatic heterocycles. The van der Waals surface area contributed by atoms with Crippen molar-refractivity contribution in [2.75, 3.05) is 0 Å². The van der Waals surface area contributed by atoms with Gasteiger partial charge < -0.3 is 14.6 Å². The van der Waals surface area contributed by atoms with Crippen LogP contribution < -0.4 is 9.47 Å². The fraction of sp³-hybridized carbons (Fsp3) is 0.0455. The van der Waals surface area contributed by atoms with E-state index in [1.165, 1.54) is 12.1 Å². The zero-order chi connectivity index (χ0) is 18.8. The van der Waals surface area contributed by atoms with Crippen molar-refractivity contribution in [2.24, 2.45) is 0 Å². The number of hydrogen-bond acceptors (Lipinski definition) is 4. The molecule has 1 aliphatic rings. The number of halogens is 1. The van der Waals surface area contributed by atoms with Gasteiger partial charge in [0.1, 0.15) is 23.9 Å². The fourth-order valence-electron chi connectivity index (χ4n) is 2.81. The van der Waals surface area contributed by atoms with Gasteiger partial charge in [-0.15, -0.1) is 0 Å². The maximum absolute atomic E-state index is 12.4. The third kappa shape index (κ3) is 3.81. The number of allylic oxidation sites excluding steroid dienone is 1. The maximum atomic E-state index is 12.4. The lowest BCUT2D eigenvalue weighted by Gasteiger charge is -2.07. The molecule has 0 aliphatic carbocycles. The van der Waals surface area contributed by atoms with E-state index in [-0.39, 0.29) is 17.3 Å². The van der Waals surface area contributed by atoms with Crippen LogP contribution in [-0.4, -0.2) is 10.9 Å². The smallest absolute Gasteiger partial charge is 0.231 e. The van der Waals surface area contributed by atoms with Gasteiger partial charge in [-0.2, -0.15) is 0 Å². The molecule has 5 heteroatoms. The van der Waals surface area contributed by atoms with Gasteiger partial charge in [0, 0.05) is 11.1 Å². The van der Waals surface area contributed by atoms with Crippen LogP contribution in [0, 0.1) is 0 Å². The summed E-state index contributed by atoms with van der Waals surface area (Å²) in [6.45, 7) is 0.390. The summed E-state index contributed by atoms with van der Waals surface area (Å²) in [4.78, 5) is 12.4. The van der Waals surface area contributed by atoms with Gasteiger partial charge in [-0.3, -0.25) is 4.79 Å². The topological polar surface area (TPSA) is 55.8 Å². The number of carbonyl (C=O) groups is 1. The minimum Gasteiger partial charge on any atom is -0.508 e. The van der Waals surface area contributed by atoms with Crippen molar-refractivity contribution in [1.29, 1.82) is 0 Å². The van der Waals surface area contributed by atoms with Gasteiger partial charge in [-0.05, 0) is 53.6 Å². The van der Waals surface area contributed by atoms with Crippen LogP contribution in [0.15, 0.2) is 72.5 Å². The van der Waals surface area contributed by atoms with Crippen LogP contribution in [0.1, 0.15) is 21.5 Å². The van der Waals surface area contributed by atoms with Crippen LogP contribution in [-0.2, 0) is 6.61 Å². The van der Waals surface area contributed by atoms with Gasteiger partial charge in [0.25, 0.3) is 0 Å². The molecule has 0 saturated carbocycles. The summed E-state index contributed by atoms with van der Waals surface area (Å²) in [5.41, 5.74) is 2.18. The monoisotopic (exact) mass is 378 g/mol. The Bertz CT molecular complexity index is 1060. The second kappa shape index (κ2) is 7.17. The van der Waals surface area contributed by atoms with Crippen molar-refractivity contribution in [3.8, 4) is 17.2 Å². The van der Waals surface area contributed by atoms with Crippen LogP contribution in [0.25, 0.3) is 6.08 Å². The second-order valence-electron chi connectivity index (χ2n) is 6.11. The Kier molecular flexibility index (Phi) is 4.57. The molecule has 0 fully saturated rings. The summed E-state index contributed by atoms with van der Waals surface area (Å²) in [6, 6.07) is 19.3. The maximum Gasteiger partial charge on any atom is 0.231 e. The molecule has 0 bridgehead atoms. The fourth-order valence-corrected chi connectivity index (χ4v) is 3.03. The van der Waals surface area contributed by atoms with E-state index in [0.29, 0.717) is 28.7 Å². The molecule has 1 heterocycles. The first-order valence-electron chi connectivity index (χ1n) is 8.33. The highest BCUT2D eigenvalue weighted by Crippen LogP contribution is 2.34. The largest absolute Gasteiger partial charge is 0.508 e. The molecule has 0 atom stereocenters. The molecule has 1 aliphatic heterocycles. The number of phenols is 1. The van der Waals surface area contributed by atoms with E-state index in [9.17, 15) is 9.90 Å². The third-order valence-corrected chi connectivity index (χ3v) is 4.34. The molecule has 27 heavy (non-hydrogen) atoms. The highest BCUT2D eigenvalue weighted by atomic mass is 35.5.